The fourth-order valence-electron chi connectivity index (χ4n) is 1.95. The molecule has 0 bridgehead atoms. The van der Waals surface area contributed by atoms with Crippen LogP contribution in [-0.4, -0.2) is 35.5 Å². The van der Waals surface area contributed by atoms with Crippen LogP contribution < -0.4 is 16.0 Å². The molecule has 0 spiro atoms. The van der Waals surface area contributed by atoms with Gasteiger partial charge in [-0.1, -0.05) is 0 Å². The summed E-state index contributed by atoms with van der Waals surface area (Å²) in [5, 5.41) is 2.92. The normalized spacial score (nSPS) is 19.8. The topological polar surface area (TPSA) is 84.1 Å². The lowest BCUT2D eigenvalue weighted by atomic mass is 10.2. The minimum absolute atomic E-state index is 0.249. The quantitative estimate of drug-likeness (QED) is 0.749. The van der Waals surface area contributed by atoms with Crippen LogP contribution in [0.4, 0.5) is 11.6 Å². The molecule has 16 heavy (non-hydrogen) atoms. The molecule has 0 saturated carbocycles. The van der Waals surface area contributed by atoms with Gasteiger partial charge in [-0.05, 0) is 12.8 Å². The Kier molecular flexibility index (Phi) is 2.89. The zero-order valence-corrected chi connectivity index (χ0v) is 9.18. The van der Waals surface area contributed by atoms with Crippen molar-refractivity contribution in [2.75, 3.05) is 23.8 Å². The molecule has 6 nitrogen and oxygen atoms in total. The summed E-state index contributed by atoms with van der Waals surface area (Å²) in [4.78, 5) is 21.6. The highest BCUT2D eigenvalue weighted by Crippen LogP contribution is 2.23. The van der Waals surface area contributed by atoms with Crippen molar-refractivity contribution < 1.29 is 4.79 Å². The number of nitrogens with one attached hydrogen (secondary N) is 1. The van der Waals surface area contributed by atoms with E-state index in [1.807, 2.05) is 4.90 Å². The molecule has 1 aliphatic heterocycles. The fraction of sp³-hybridized carbons (Fsp3) is 0.500. The summed E-state index contributed by atoms with van der Waals surface area (Å²) in [6.07, 6.45) is 5.04. The molecule has 3 N–H and O–H groups in total. The van der Waals surface area contributed by atoms with Crippen molar-refractivity contribution in [1.82, 2.24) is 9.97 Å². The molecule has 0 aliphatic carbocycles. The van der Waals surface area contributed by atoms with E-state index in [4.69, 9.17) is 5.73 Å². The van der Waals surface area contributed by atoms with E-state index < -0.39 is 0 Å². The van der Waals surface area contributed by atoms with Crippen LogP contribution in [0.3, 0.4) is 0 Å². The number of hydrogen-bond donors (Lipinski definition) is 2. The Balaban J connectivity index is 2.25. The van der Waals surface area contributed by atoms with Crippen molar-refractivity contribution in [1.29, 1.82) is 0 Å². The molecule has 0 radical (unpaired) electrons. The number of rotatable bonds is 3. The molecule has 1 saturated heterocycles. The van der Waals surface area contributed by atoms with Gasteiger partial charge in [0.1, 0.15) is 17.7 Å². The lowest BCUT2D eigenvalue weighted by molar-refractivity contribution is -0.119. The molecular weight excluding hydrogens is 206 g/mol. The molecule has 6 heteroatoms. The standard InChI is InChI=1S/C10H15N5O/c1-12-8-5-13-6-9(14-8)15-4-2-3-7(15)10(11)16/h5-7H,2-4H2,1H3,(H2,11,16)(H,12,14). The lowest BCUT2D eigenvalue weighted by Crippen LogP contribution is -2.40. The maximum Gasteiger partial charge on any atom is 0.240 e. The van der Waals surface area contributed by atoms with E-state index in [9.17, 15) is 4.79 Å². The van der Waals surface area contributed by atoms with E-state index in [1.165, 1.54) is 0 Å². The maximum atomic E-state index is 11.3. The monoisotopic (exact) mass is 221 g/mol. The van der Waals surface area contributed by atoms with Gasteiger partial charge in [-0.2, -0.15) is 0 Å². The predicted molar refractivity (Wildman–Crippen MR) is 61.1 cm³/mol. The summed E-state index contributed by atoms with van der Waals surface area (Å²) >= 11 is 0. The van der Waals surface area contributed by atoms with Crippen molar-refractivity contribution in [3.63, 3.8) is 0 Å². The van der Waals surface area contributed by atoms with Crippen molar-refractivity contribution in [2.24, 2.45) is 5.73 Å². The number of primary amides is 1. The minimum Gasteiger partial charge on any atom is -0.372 e. The minimum atomic E-state index is -0.297. The van der Waals surface area contributed by atoms with E-state index >= 15 is 0 Å². The predicted octanol–water partition coefficient (Wildman–Crippen LogP) is -0.0276. The Morgan fingerprint density at radius 3 is 3.12 bits per heavy atom. The van der Waals surface area contributed by atoms with Gasteiger partial charge in [0, 0.05) is 13.6 Å². The van der Waals surface area contributed by atoms with E-state index in [2.05, 4.69) is 15.3 Å². The number of carbonyl (C=O) groups excluding carboxylic acids is 1. The SMILES string of the molecule is CNc1cncc(N2CCCC2C(N)=O)n1. The van der Waals surface area contributed by atoms with Gasteiger partial charge in [0.2, 0.25) is 5.91 Å². The highest BCUT2D eigenvalue weighted by molar-refractivity contribution is 5.83. The second kappa shape index (κ2) is 4.34. The second-order valence-corrected chi connectivity index (χ2v) is 3.77. The van der Waals surface area contributed by atoms with Crippen LogP contribution in [0.25, 0.3) is 0 Å². The number of hydrogen-bond acceptors (Lipinski definition) is 5. The third-order valence-electron chi connectivity index (χ3n) is 2.75. The van der Waals surface area contributed by atoms with E-state index in [1.54, 1.807) is 19.4 Å². The smallest absolute Gasteiger partial charge is 0.240 e. The van der Waals surface area contributed by atoms with Crippen LogP contribution in [0.1, 0.15) is 12.8 Å². The Bertz CT molecular complexity index is 395. The highest BCUT2D eigenvalue weighted by Gasteiger charge is 2.30. The van der Waals surface area contributed by atoms with Crippen molar-refractivity contribution in [2.45, 2.75) is 18.9 Å². The number of carbonyl (C=O) groups is 1. The molecule has 1 amide bonds. The van der Waals surface area contributed by atoms with Crippen LogP contribution in [-0.2, 0) is 4.79 Å². The van der Waals surface area contributed by atoms with Crippen LogP contribution >= 0.6 is 0 Å². The molecule has 1 aromatic rings. The van der Waals surface area contributed by atoms with Gasteiger partial charge in [0.05, 0.1) is 12.4 Å². The van der Waals surface area contributed by atoms with Gasteiger partial charge in [0.15, 0.2) is 0 Å². The number of nitrogens with zero attached hydrogens (tertiary/aromatic N) is 3. The first-order chi connectivity index (χ1) is 7.72. The first-order valence-corrected chi connectivity index (χ1v) is 5.28. The average molecular weight is 221 g/mol. The number of aromatic nitrogens is 2. The molecular formula is C10H15N5O. The summed E-state index contributed by atoms with van der Waals surface area (Å²) < 4.78 is 0. The molecule has 1 fully saturated rings. The Hall–Kier alpha value is -1.85. The molecule has 1 unspecified atom stereocenters. The van der Waals surface area contributed by atoms with Crippen LogP contribution in [0.2, 0.25) is 0 Å². The summed E-state index contributed by atoms with van der Waals surface area (Å²) in [5.74, 6) is 1.09. The maximum absolute atomic E-state index is 11.3. The van der Waals surface area contributed by atoms with Crippen molar-refractivity contribution in [3.05, 3.63) is 12.4 Å². The summed E-state index contributed by atoms with van der Waals surface area (Å²) in [6, 6.07) is -0.249. The largest absolute Gasteiger partial charge is 0.372 e. The van der Waals surface area contributed by atoms with E-state index in [0.29, 0.717) is 11.6 Å². The van der Waals surface area contributed by atoms with Gasteiger partial charge < -0.3 is 16.0 Å². The molecule has 0 aromatic carbocycles. The Morgan fingerprint density at radius 2 is 2.44 bits per heavy atom. The summed E-state index contributed by atoms with van der Waals surface area (Å²) in [5.41, 5.74) is 5.35. The number of nitrogens with two attached hydrogens (primary N) is 1. The second-order valence-electron chi connectivity index (χ2n) is 3.77. The van der Waals surface area contributed by atoms with Gasteiger partial charge in [-0.15, -0.1) is 0 Å². The van der Waals surface area contributed by atoms with Crippen LogP contribution in [0.5, 0.6) is 0 Å². The third kappa shape index (κ3) is 1.91. The Morgan fingerprint density at radius 1 is 1.62 bits per heavy atom. The molecule has 2 rings (SSSR count). The first-order valence-electron chi connectivity index (χ1n) is 5.28. The number of amides is 1. The zero-order valence-electron chi connectivity index (χ0n) is 9.18. The zero-order chi connectivity index (χ0) is 11.5. The summed E-state index contributed by atoms with van der Waals surface area (Å²) in [7, 11) is 1.78. The molecule has 2 heterocycles. The molecule has 1 atom stereocenters. The van der Waals surface area contributed by atoms with Gasteiger partial charge >= 0.3 is 0 Å². The van der Waals surface area contributed by atoms with Crippen molar-refractivity contribution >= 4 is 17.5 Å². The fourth-order valence-corrected chi connectivity index (χ4v) is 1.95. The van der Waals surface area contributed by atoms with E-state index in [0.717, 1.165) is 19.4 Å². The van der Waals surface area contributed by atoms with Crippen molar-refractivity contribution in [3.8, 4) is 0 Å². The van der Waals surface area contributed by atoms with Gasteiger partial charge in [-0.25, -0.2) is 4.98 Å². The van der Waals surface area contributed by atoms with Crippen LogP contribution in [0, 0.1) is 0 Å². The highest BCUT2D eigenvalue weighted by atomic mass is 16.1. The third-order valence-corrected chi connectivity index (χ3v) is 2.75. The molecule has 86 valence electrons. The van der Waals surface area contributed by atoms with E-state index in [-0.39, 0.29) is 11.9 Å². The van der Waals surface area contributed by atoms with Crippen LogP contribution in [0.15, 0.2) is 12.4 Å². The average Bonchev–Trinajstić information content (AvgIpc) is 2.78. The number of anilines is 2. The molecule has 1 aliphatic rings. The first kappa shape index (κ1) is 10.7. The summed E-state index contributed by atoms with van der Waals surface area (Å²) in [6.45, 7) is 0.801. The van der Waals surface area contributed by atoms with Gasteiger partial charge in [-0.3, -0.25) is 9.78 Å². The molecule has 1 aromatic heterocycles. The Labute approximate surface area is 93.9 Å². The lowest BCUT2D eigenvalue weighted by Gasteiger charge is -2.22. The van der Waals surface area contributed by atoms with Gasteiger partial charge in [0.25, 0.3) is 0 Å².